The van der Waals surface area contributed by atoms with Crippen molar-refractivity contribution in [3.05, 3.63) is 21.8 Å². The van der Waals surface area contributed by atoms with E-state index >= 15 is 0 Å². The van der Waals surface area contributed by atoms with E-state index < -0.39 is 0 Å². The van der Waals surface area contributed by atoms with Gasteiger partial charge in [0.2, 0.25) is 5.95 Å². The molecule has 0 spiro atoms. The molecule has 0 bridgehead atoms. The maximum atomic E-state index is 6.16. The van der Waals surface area contributed by atoms with Gasteiger partial charge >= 0.3 is 0 Å². The predicted octanol–water partition coefficient (Wildman–Crippen LogP) is 4.36. The van der Waals surface area contributed by atoms with Gasteiger partial charge in [0.25, 0.3) is 0 Å². The maximum Gasteiger partial charge on any atom is 0.201 e. The van der Waals surface area contributed by atoms with E-state index in [1.165, 1.54) is 41.2 Å². The predicted molar refractivity (Wildman–Crippen MR) is 88.1 cm³/mol. The second-order valence-corrected chi connectivity index (χ2v) is 6.86. The van der Waals surface area contributed by atoms with Crippen molar-refractivity contribution in [3.8, 4) is 0 Å². The monoisotopic (exact) mass is 369 g/mol. The molecule has 1 fully saturated rings. The highest BCUT2D eigenvalue weighted by Crippen LogP contribution is 2.36. The average Bonchev–Trinajstić information content (AvgIpc) is 2.74. The molecule has 102 valence electrons. The molecular weight excluding hydrogens is 349 g/mol. The van der Waals surface area contributed by atoms with Gasteiger partial charge in [-0.2, -0.15) is 0 Å². The summed E-state index contributed by atoms with van der Waals surface area (Å²) in [5.74, 6) is 1.41. The molecule has 1 aromatic carbocycles. The van der Waals surface area contributed by atoms with Crippen molar-refractivity contribution in [1.29, 1.82) is 0 Å². The molecule has 2 aromatic rings. The van der Waals surface area contributed by atoms with E-state index in [0.717, 1.165) is 11.4 Å². The zero-order chi connectivity index (χ0) is 13.4. The fourth-order valence-corrected chi connectivity index (χ4v) is 3.82. The molecule has 3 rings (SSSR count). The second-order valence-electron chi connectivity index (χ2n) is 5.61. The first-order chi connectivity index (χ1) is 9.16. The third-order valence-electron chi connectivity index (χ3n) is 4.42. The summed E-state index contributed by atoms with van der Waals surface area (Å²) >= 11 is 2.32. The number of fused-ring (bicyclic) bond motifs is 1. The van der Waals surface area contributed by atoms with Gasteiger partial charge in [-0.1, -0.05) is 19.3 Å². The Hall–Kier alpha value is -0.780. The average molecular weight is 369 g/mol. The largest absolute Gasteiger partial charge is 0.369 e. The fourth-order valence-electron chi connectivity index (χ4n) is 3.35. The lowest BCUT2D eigenvalue weighted by Gasteiger charge is -2.29. The van der Waals surface area contributed by atoms with Gasteiger partial charge in [0.15, 0.2) is 0 Å². The summed E-state index contributed by atoms with van der Waals surface area (Å²) in [6.45, 7) is 2.30. The lowest BCUT2D eigenvalue weighted by Crippen LogP contribution is -2.20. The molecule has 1 aliphatic rings. The maximum absolute atomic E-state index is 6.16. The van der Waals surface area contributed by atoms with E-state index in [0.29, 0.717) is 12.0 Å². The Labute approximate surface area is 127 Å². The number of hydrogen-bond acceptors (Lipinski definition) is 2. The van der Waals surface area contributed by atoms with Crippen LogP contribution in [0, 0.1) is 9.49 Å². The number of halogens is 1. The van der Waals surface area contributed by atoms with E-state index in [1.54, 1.807) is 0 Å². The Morgan fingerprint density at radius 1 is 1.32 bits per heavy atom. The molecule has 1 saturated carbocycles. The zero-order valence-electron chi connectivity index (χ0n) is 11.3. The summed E-state index contributed by atoms with van der Waals surface area (Å²) in [7, 11) is 0. The van der Waals surface area contributed by atoms with Gasteiger partial charge in [0.05, 0.1) is 11.0 Å². The normalized spacial score (nSPS) is 18.8. The first-order valence-corrected chi connectivity index (χ1v) is 8.17. The minimum atomic E-state index is 0.449. The number of nitrogens with zero attached hydrogens (tertiary/aromatic N) is 2. The molecule has 1 atom stereocenters. The lowest BCUT2D eigenvalue weighted by molar-refractivity contribution is 0.269. The third kappa shape index (κ3) is 2.47. The Kier molecular flexibility index (Phi) is 3.69. The Balaban J connectivity index is 2.01. The van der Waals surface area contributed by atoms with Crippen LogP contribution >= 0.6 is 22.6 Å². The van der Waals surface area contributed by atoms with Crippen LogP contribution in [0.15, 0.2) is 18.2 Å². The van der Waals surface area contributed by atoms with E-state index in [-0.39, 0.29) is 0 Å². The van der Waals surface area contributed by atoms with Gasteiger partial charge in [-0.15, -0.1) is 0 Å². The zero-order valence-corrected chi connectivity index (χ0v) is 13.4. The number of nitrogens with two attached hydrogens (primary N) is 1. The second kappa shape index (κ2) is 5.31. The Bertz CT molecular complexity index is 584. The van der Waals surface area contributed by atoms with Gasteiger partial charge in [-0.05, 0) is 66.5 Å². The van der Waals surface area contributed by atoms with Crippen LogP contribution < -0.4 is 5.73 Å². The summed E-state index contributed by atoms with van der Waals surface area (Å²) < 4.78 is 3.45. The standard InChI is InChI=1S/C15H20IN3/c1-10(11-5-3-2-4-6-11)19-14-8-7-12(16)9-13(14)18-15(19)17/h7-11H,2-6H2,1H3,(H2,17,18). The van der Waals surface area contributed by atoms with Crippen LogP contribution in [-0.2, 0) is 0 Å². The van der Waals surface area contributed by atoms with E-state index in [1.807, 2.05) is 0 Å². The quantitative estimate of drug-likeness (QED) is 0.800. The highest BCUT2D eigenvalue weighted by Gasteiger charge is 2.24. The van der Waals surface area contributed by atoms with Crippen LogP contribution in [0.3, 0.4) is 0 Å². The summed E-state index contributed by atoms with van der Waals surface area (Å²) in [5, 5.41) is 0. The molecule has 1 heterocycles. The van der Waals surface area contributed by atoms with Crippen LogP contribution in [0.2, 0.25) is 0 Å². The minimum Gasteiger partial charge on any atom is -0.369 e. The van der Waals surface area contributed by atoms with Crippen molar-refractivity contribution in [2.24, 2.45) is 5.92 Å². The van der Waals surface area contributed by atoms with Gasteiger partial charge in [0.1, 0.15) is 0 Å². The van der Waals surface area contributed by atoms with Crippen molar-refractivity contribution in [1.82, 2.24) is 9.55 Å². The van der Waals surface area contributed by atoms with Crippen LogP contribution in [0.4, 0.5) is 5.95 Å². The Morgan fingerprint density at radius 2 is 2.05 bits per heavy atom. The number of nitrogen functional groups attached to an aromatic ring is 1. The number of anilines is 1. The van der Waals surface area contributed by atoms with E-state index in [9.17, 15) is 0 Å². The molecule has 1 unspecified atom stereocenters. The van der Waals surface area contributed by atoms with Gasteiger partial charge in [-0.25, -0.2) is 4.98 Å². The molecule has 19 heavy (non-hydrogen) atoms. The van der Waals surface area contributed by atoms with Crippen LogP contribution in [0.1, 0.15) is 45.1 Å². The topological polar surface area (TPSA) is 43.8 Å². The van der Waals surface area contributed by atoms with Crippen LogP contribution in [0.5, 0.6) is 0 Å². The first kappa shape index (κ1) is 13.2. The number of rotatable bonds is 2. The SMILES string of the molecule is CC(C1CCCCC1)n1c(N)nc2cc(I)ccc21. The van der Waals surface area contributed by atoms with Gasteiger partial charge < -0.3 is 10.3 Å². The van der Waals surface area contributed by atoms with Crippen molar-refractivity contribution in [2.75, 3.05) is 5.73 Å². The van der Waals surface area contributed by atoms with Crippen LogP contribution in [0.25, 0.3) is 11.0 Å². The number of imidazole rings is 1. The molecule has 3 nitrogen and oxygen atoms in total. The Morgan fingerprint density at radius 3 is 2.79 bits per heavy atom. The van der Waals surface area contributed by atoms with Crippen molar-refractivity contribution >= 4 is 39.6 Å². The first-order valence-electron chi connectivity index (χ1n) is 7.10. The minimum absolute atomic E-state index is 0.449. The number of hydrogen-bond donors (Lipinski definition) is 1. The summed E-state index contributed by atoms with van der Waals surface area (Å²) in [6, 6.07) is 6.84. The molecule has 2 N–H and O–H groups in total. The van der Waals surface area contributed by atoms with Crippen LogP contribution in [-0.4, -0.2) is 9.55 Å². The number of benzene rings is 1. The third-order valence-corrected chi connectivity index (χ3v) is 5.09. The molecule has 1 aliphatic carbocycles. The summed E-state index contributed by atoms with van der Waals surface area (Å²) in [6.07, 6.45) is 6.76. The molecule has 4 heteroatoms. The summed E-state index contributed by atoms with van der Waals surface area (Å²) in [5.41, 5.74) is 8.36. The lowest BCUT2D eigenvalue weighted by atomic mass is 9.84. The van der Waals surface area contributed by atoms with Crippen molar-refractivity contribution in [2.45, 2.75) is 45.1 Å². The van der Waals surface area contributed by atoms with Gasteiger partial charge in [-0.3, -0.25) is 0 Å². The highest BCUT2D eigenvalue weighted by molar-refractivity contribution is 14.1. The van der Waals surface area contributed by atoms with E-state index in [2.05, 4.69) is 57.3 Å². The van der Waals surface area contributed by atoms with Crippen molar-refractivity contribution < 1.29 is 0 Å². The molecule has 0 aliphatic heterocycles. The molecule has 0 radical (unpaired) electrons. The van der Waals surface area contributed by atoms with E-state index in [4.69, 9.17) is 5.73 Å². The van der Waals surface area contributed by atoms with Gasteiger partial charge in [0, 0.05) is 9.61 Å². The molecule has 0 amide bonds. The summed E-state index contributed by atoms with van der Waals surface area (Å²) in [4.78, 5) is 4.53. The molecule has 1 aromatic heterocycles. The fraction of sp³-hybridized carbons (Fsp3) is 0.533. The highest BCUT2D eigenvalue weighted by atomic mass is 127. The molecular formula is C15H20IN3. The smallest absolute Gasteiger partial charge is 0.201 e. The molecule has 0 saturated heterocycles. The number of aromatic nitrogens is 2. The van der Waals surface area contributed by atoms with Crippen molar-refractivity contribution in [3.63, 3.8) is 0 Å².